The van der Waals surface area contributed by atoms with E-state index in [4.69, 9.17) is 9.72 Å². The van der Waals surface area contributed by atoms with Crippen LogP contribution in [0.4, 0.5) is 28.7 Å². The molecule has 0 atom stereocenters. The van der Waals surface area contributed by atoms with E-state index in [0.717, 1.165) is 90.5 Å². The lowest BCUT2D eigenvalue weighted by atomic mass is 10.2. The van der Waals surface area contributed by atoms with E-state index in [0.29, 0.717) is 5.82 Å². The SMILES string of the molecule is COc1cc(Nc2cc(N3CCc4cnc(-c5cccc(C)n5)nc43)ccn2)ccc1N1CCN(C)CC1. The number of benzene rings is 1. The van der Waals surface area contributed by atoms with Crippen molar-refractivity contribution >= 4 is 28.7 Å². The molecule has 1 saturated heterocycles. The first-order valence-electron chi connectivity index (χ1n) is 13.0. The maximum Gasteiger partial charge on any atom is 0.180 e. The monoisotopic (exact) mass is 508 g/mol. The number of ether oxygens (including phenoxy) is 1. The molecule has 0 saturated carbocycles. The van der Waals surface area contributed by atoms with Crippen LogP contribution in [0.25, 0.3) is 11.5 Å². The second kappa shape index (κ2) is 10.3. The zero-order valence-corrected chi connectivity index (χ0v) is 22.1. The van der Waals surface area contributed by atoms with Gasteiger partial charge in [-0.05, 0) is 50.7 Å². The fourth-order valence-electron chi connectivity index (χ4n) is 5.06. The number of nitrogens with zero attached hydrogens (tertiary/aromatic N) is 7. The van der Waals surface area contributed by atoms with Gasteiger partial charge in [0.1, 0.15) is 23.1 Å². The molecule has 9 nitrogen and oxygen atoms in total. The molecule has 2 aliphatic rings. The fourth-order valence-corrected chi connectivity index (χ4v) is 5.06. The standard InChI is InChI=1S/C29H32N8O/c1-20-5-4-6-24(32-20)28-31-19-21-10-12-37(29(21)34-28)23-9-11-30-27(18-23)33-22-7-8-25(26(17-22)38-3)36-15-13-35(2)14-16-36/h4-9,11,17-19H,10,12-16H2,1-3H3,(H,30,33). The van der Waals surface area contributed by atoms with Gasteiger partial charge in [-0.1, -0.05) is 6.07 Å². The fraction of sp³-hybridized carbons (Fsp3) is 0.310. The summed E-state index contributed by atoms with van der Waals surface area (Å²) in [6.45, 7) is 6.90. The molecule has 0 unspecified atom stereocenters. The number of methoxy groups -OCH3 is 1. The summed E-state index contributed by atoms with van der Waals surface area (Å²) in [6, 6.07) is 16.2. The average molecular weight is 509 g/mol. The molecule has 9 heteroatoms. The molecule has 6 rings (SSSR count). The van der Waals surface area contributed by atoms with Crippen LogP contribution in [-0.2, 0) is 6.42 Å². The lowest BCUT2D eigenvalue weighted by Gasteiger charge is -2.34. The van der Waals surface area contributed by atoms with Crippen molar-refractivity contribution < 1.29 is 4.74 Å². The van der Waals surface area contributed by atoms with Gasteiger partial charge >= 0.3 is 0 Å². The normalized spacial score (nSPS) is 15.4. The van der Waals surface area contributed by atoms with Gasteiger partial charge in [-0.3, -0.25) is 0 Å². The van der Waals surface area contributed by atoms with E-state index in [-0.39, 0.29) is 0 Å². The summed E-state index contributed by atoms with van der Waals surface area (Å²) in [5, 5.41) is 3.46. The molecule has 2 aliphatic heterocycles. The van der Waals surface area contributed by atoms with Crippen molar-refractivity contribution in [1.82, 2.24) is 24.8 Å². The van der Waals surface area contributed by atoms with Crippen LogP contribution in [0.5, 0.6) is 5.75 Å². The minimum atomic E-state index is 0.638. The van der Waals surface area contributed by atoms with Crippen molar-refractivity contribution in [3.63, 3.8) is 0 Å². The van der Waals surface area contributed by atoms with Crippen LogP contribution in [0.15, 0.2) is 60.9 Å². The number of nitrogens with one attached hydrogen (secondary N) is 1. The van der Waals surface area contributed by atoms with E-state index in [9.17, 15) is 0 Å². The molecule has 5 heterocycles. The van der Waals surface area contributed by atoms with Gasteiger partial charge in [-0.25, -0.2) is 19.9 Å². The maximum atomic E-state index is 5.76. The van der Waals surface area contributed by atoms with Gasteiger partial charge < -0.3 is 24.8 Å². The second-order valence-corrected chi connectivity index (χ2v) is 9.81. The highest BCUT2D eigenvalue weighted by molar-refractivity contribution is 5.72. The summed E-state index contributed by atoms with van der Waals surface area (Å²) in [5.74, 6) is 3.19. The molecule has 38 heavy (non-hydrogen) atoms. The third kappa shape index (κ3) is 4.84. The summed E-state index contributed by atoms with van der Waals surface area (Å²) in [4.78, 5) is 25.6. The van der Waals surface area contributed by atoms with Crippen LogP contribution in [0, 0.1) is 6.92 Å². The van der Waals surface area contributed by atoms with Crippen LogP contribution >= 0.6 is 0 Å². The molecule has 1 aromatic carbocycles. The minimum absolute atomic E-state index is 0.638. The first-order valence-corrected chi connectivity index (χ1v) is 13.0. The molecule has 194 valence electrons. The minimum Gasteiger partial charge on any atom is -0.495 e. The number of aromatic nitrogens is 4. The van der Waals surface area contributed by atoms with E-state index in [2.05, 4.69) is 60.2 Å². The lowest BCUT2D eigenvalue weighted by molar-refractivity contribution is 0.311. The quantitative estimate of drug-likeness (QED) is 0.406. The molecule has 4 aromatic rings. The van der Waals surface area contributed by atoms with Crippen molar-refractivity contribution in [3.8, 4) is 17.3 Å². The van der Waals surface area contributed by atoms with Gasteiger partial charge in [0.2, 0.25) is 0 Å². The third-order valence-corrected chi connectivity index (χ3v) is 7.17. The Labute approximate surface area is 223 Å². The van der Waals surface area contributed by atoms with Crippen molar-refractivity contribution in [3.05, 3.63) is 72.2 Å². The van der Waals surface area contributed by atoms with Gasteiger partial charge in [0.25, 0.3) is 0 Å². The van der Waals surface area contributed by atoms with Gasteiger partial charge in [-0.2, -0.15) is 0 Å². The number of hydrogen-bond donors (Lipinski definition) is 1. The molecule has 3 aromatic heterocycles. The van der Waals surface area contributed by atoms with Crippen molar-refractivity contribution in [1.29, 1.82) is 0 Å². The first kappa shape index (κ1) is 24.1. The molecular formula is C29H32N8O. The Balaban J connectivity index is 1.23. The first-order chi connectivity index (χ1) is 18.6. The van der Waals surface area contributed by atoms with Gasteiger partial charge in [0.05, 0.1) is 12.8 Å². The Morgan fingerprint density at radius 1 is 0.921 bits per heavy atom. The molecule has 0 radical (unpaired) electrons. The molecule has 1 N–H and O–H groups in total. The van der Waals surface area contributed by atoms with Crippen molar-refractivity contribution in [2.24, 2.45) is 0 Å². The summed E-state index contributed by atoms with van der Waals surface area (Å²) in [5.41, 5.74) is 5.95. The van der Waals surface area contributed by atoms with Gasteiger partial charge in [-0.15, -0.1) is 0 Å². The Kier molecular flexibility index (Phi) is 6.51. The molecule has 0 aliphatic carbocycles. The lowest BCUT2D eigenvalue weighted by Crippen LogP contribution is -2.44. The highest BCUT2D eigenvalue weighted by Gasteiger charge is 2.24. The Morgan fingerprint density at radius 2 is 1.79 bits per heavy atom. The van der Waals surface area contributed by atoms with E-state index in [1.807, 2.05) is 49.6 Å². The van der Waals surface area contributed by atoms with Crippen LogP contribution in [-0.4, -0.2) is 71.7 Å². The highest BCUT2D eigenvalue weighted by atomic mass is 16.5. The Hall–Kier alpha value is -4.24. The van der Waals surface area contributed by atoms with E-state index in [1.54, 1.807) is 7.11 Å². The van der Waals surface area contributed by atoms with E-state index in [1.165, 1.54) is 0 Å². The Bertz CT molecular complexity index is 1450. The largest absolute Gasteiger partial charge is 0.495 e. The molecular weight excluding hydrogens is 476 g/mol. The molecule has 0 amide bonds. The number of piperazine rings is 1. The summed E-state index contributed by atoms with van der Waals surface area (Å²) in [6.07, 6.45) is 4.65. The van der Waals surface area contributed by atoms with E-state index >= 15 is 0 Å². The second-order valence-electron chi connectivity index (χ2n) is 9.81. The number of hydrogen-bond acceptors (Lipinski definition) is 9. The van der Waals surface area contributed by atoms with Crippen LogP contribution in [0.3, 0.4) is 0 Å². The predicted octanol–water partition coefficient (Wildman–Crippen LogP) is 4.44. The van der Waals surface area contributed by atoms with Crippen LogP contribution in [0.1, 0.15) is 11.3 Å². The summed E-state index contributed by atoms with van der Waals surface area (Å²) in [7, 11) is 3.89. The summed E-state index contributed by atoms with van der Waals surface area (Å²) < 4.78 is 5.76. The Morgan fingerprint density at radius 3 is 2.61 bits per heavy atom. The highest BCUT2D eigenvalue weighted by Crippen LogP contribution is 2.36. The molecule has 0 bridgehead atoms. The van der Waals surface area contributed by atoms with Crippen LogP contribution < -0.4 is 19.9 Å². The van der Waals surface area contributed by atoms with Gasteiger partial charge in [0, 0.05) is 79.9 Å². The topological polar surface area (TPSA) is 82.5 Å². The molecule has 1 fully saturated rings. The smallest absolute Gasteiger partial charge is 0.180 e. The maximum absolute atomic E-state index is 5.76. The van der Waals surface area contributed by atoms with Crippen molar-refractivity contribution in [2.45, 2.75) is 13.3 Å². The number of fused-ring (bicyclic) bond motifs is 1. The van der Waals surface area contributed by atoms with Crippen molar-refractivity contribution in [2.75, 3.05) is 62.0 Å². The predicted molar refractivity (Wildman–Crippen MR) is 151 cm³/mol. The van der Waals surface area contributed by atoms with Crippen LogP contribution in [0.2, 0.25) is 0 Å². The summed E-state index contributed by atoms with van der Waals surface area (Å²) >= 11 is 0. The number of likely N-dealkylation sites (N-methyl/N-ethyl adjacent to an activating group) is 1. The zero-order valence-electron chi connectivity index (χ0n) is 22.1. The molecule has 0 spiro atoms. The number of aryl methyl sites for hydroxylation is 1. The third-order valence-electron chi connectivity index (χ3n) is 7.17. The average Bonchev–Trinajstić information content (AvgIpc) is 3.37. The van der Waals surface area contributed by atoms with E-state index < -0.39 is 0 Å². The van der Waals surface area contributed by atoms with Gasteiger partial charge in [0.15, 0.2) is 5.82 Å². The number of rotatable bonds is 6. The number of anilines is 5. The zero-order chi connectivity index (χ0) is 26.1. The number of pyridine rings is 2.